The van der Waals surface area contributed by atoms with Crippen LogP contribution in [0, 0.1) is 5.82 Å². The van der Waals surface area contributed by atoms with Crippen LogP contribution in [0.2, 0.25) is 0 Å². The van der Waals surface area contributed by atoms with Crippen LogP contribution < -0.4 is 5.46 Å². The van der Waals surface area contributed by atoms with Crippen LogP contribution in [-0.4, -0.2) is 17.0 Å². The zero-order valence-corrected chi connectivity index (χ0v) is 7.64. The summed E-state index contributed by atoms with van der Waals surface area (Å²) < 4.78 is 14.3. The Hall–Kier alpha value is -1.16. The van der Waals surface area contributed by atoms with Crippen LogP contribution in [0.4, 0.5) is 4.39 Å². The minimum atomic E-state index is -0.626. The second-order valence-electron chi connectivity index (χ2n) is 2.94. The first kappa shape index (κ1) is 8.44. The second kappa shape index (κ2) is 2.67. The number of rotatable bonds is 0. The molecule has 0 radical (unpaired) electrons. The number of aromatic nitrogens is 1. The van der Waals surface area contributed by atoms with Crippen molar-refractivity contribution in [2.24, 2.45) is 0 Å². The molecule has 1 aromatic carbocycles. The molecule has 1 N–H and O–H groups in total. The van der Waals surface area contributed by atoms with Gasteiger partial charge in [0.25, 0.3) is 0 Å². The minimum absolute atomic E-state index is 0.382. The van der Waals surface area contributed by atoms with Gasteiger partial charge in [0.15, 0.2) is 11.6 Å². The standard InChI is InChI=1S/C8H6BClFNO/c9-5-3-12(10)7-2-8(13)6(11)1-4(5)7/h1-3,13H,9H2. The summed E-state index contributed by atoms with van der Waals surface area (Å²) >= 11 is 5.79. The highest BCUT2D eigenvalue weighted by molar-refractivity contribution is 6.40. The maximum Gasteiger partial charge on any atom is 0.165 e. The van der Waals surface area contributed by atoms with E-state index in [0.717, 1.165) is 5.46 Å². The van der Waals surface area contributed by atoms with Crippen molar-refractivity contribution in [1.82, 2.24) is 4.09 Å². The molecule has 2 nitrogen and oxygen atoms in total. The molecule has 1 heterocycles. The third kappa shape index (κ3) is 1.18. The van der Waals surface area contributed by atoms with Gasteiger partial charge in [-0.1, -0.05) is 5.46 Å². The molecule has 0 unspecified atom stereocenters. The number of nitrogens with zero attached hydrogens (tertiary/aromatic N) is 1. The molecular formula is C8H6BClFNO. The number of halogens is 2. The van der Waals surface area contributed by atoms with Crippen molar-refractivity contribution in [1.29, 1.82) is 0 Å². The summed E-state index contributed by atoms with van der Waals surface area (Å²) in [6.45, 7) is 0. The Morgan fingerprint density at radius 2 is 2.15 bits per heavy atom. The lowest BCUT2D eigenvalue weighted by atomic mass is 9.96. The van der Waals surface area contributed by atoms with Crippen molar-refractivity contribution in [3.63, 3.8) is 0 Å². The van der Waals surface area contributed by atoms with Gasteiger partial charge in [-0.05, 0) is 11.5 Å². The molecule has 0 aliphatic heterocycles. The molecule has 0 bridgehead atoms. The van der Waals surface area contributed by atoms with Crippen LogP contribution in [0.5, 0.6) is 5.75 Å². The molecule has 0 atom stereocenters. The predicted molar refractivity (Wildman–Crippen MR) is 53.0 cm³/mol. The van der Waals surface area contributed by atoms with Crippen molar-refractivity contribution in [2.75, 3.05) is 0 Å². The third-order valence-electron chi connectivity index (χ3n) is 2.03. The lowest BCUT2D eigenvalue weighted by Gasteiger charge is -1.97. The van der Waals surface area contributed by atoms with Crippen molar-refractivity contribution in [3.05, 3.63) is 24.1 Å². The van der Waals surface area contributed by atoms with Gasteiger partial charge in [0.2, 0.25) is 0 Å². The summed E-state index contributed by atoms with van der Waals surface area (Å²) in [6.07, 6.45) is 1.67. The molecule has 1 aromatic heterocycles. The zero-order chi connectivity index (χ0) is 9.59. The first-order chi connectivity index (χ1) is 6.09. The van der Waals surface area contributed by atoms with Crippen LogP contribution in [0.1, 0.15) is 0 Å². The average molecular weight is 197 g/mol. The van der Waals surface area contributed by atoms with E-state index >= 15 is 0 Å². The second-order valence-corrected chi connectivity index (χ2v) is 3.31. The van der Waals surface area contributed by atoms with E-state index in [2.05, 4.69) is 0 Å². The zero-order valence-electron chi connectivity index (χ0n) is 6.88. The van der Waals surface area contributed by atoms with Crippen LogP contribution in [-0.2, 0) is 0 Å². The molecule has 0 aliphatic carbocycles. The number of aromatic hydroxyl groups is 1. The average Bonchev–Trinajstić information content (AvgIpc) is 2.31. The van der Waals surface area contributed by atoms with E-state index in [1.54, 1.807) is 6.20 Å². The van der Waals surface area contributed by atoms with Crippen LogP contribution in [0.15, 0.2) is 18.3 Å². The van der Waals surface area contributed by atoms with E-state index < -0.39 is 5.82 Å². The van der Waals surface area contributed by atoms with Gasteiger partial charge >= 0.3 is 0 Å². The number of hydrogen-bond donors (Lipinski definition) is 1. The Morgan fingerprint density at radius 1 is 1.46 bits per heavy atom. The van der Waals surface area contributed by atoms with E-state index in [0.29, 0.717) is 10.9 Å². The maximum atomic E-state index is 12.9. The van der Waals surface area contributed by atoms with E-state index in [-0.39, 0.29) is 5.75 Å². The Labute approximate surface area is 80.1 Å². The van der Waals surface area contributed by atoms with E-state index in [1.165, 1.54) is 16.2 Å². The minimum Gasteiger partial charge on any atom is -0.505 e. The van der Waals surface area contributed by atoms with Crippen LogP contribution in [0.25, 0.3) is 10.9 Å². The normalized spacial score (nSPS) is 10.9. The predicted octanol–water partition coefficient (Wildman–Crippen LogP) is 0.746. The maximum absolute atomic E-state index is 12.9. The van der Waals surface area contributed by atoms with E-state index in [1.807, 2.05) is 7.85 Å². The number of phenolic OH excluding ortho intramolecular Hbond substituents is 1. The fraction of sp³-hybridized carbons (Fsp3) is 0. The van der Waals surface area contributed by atoms with Gasteiger partial charge in [0, 0.05) is 24.0 Å². The lowest BCUT2D eigenvalue weighted by molar-refractivity contribution is 0.433. The first-order valence-corrected chi connectivity index (χ1v) is 4.09. The monoisotopic (exact) mass is 197 g/mol. The number of benzene rings is 1. The van der Waals surface area contributed by atoms with Crippen LogP contribution in [0.3, 0.4) is 0 Å². The SMILES string of the molecule is Bc1cn(Cl)c2cc(O)c(F)cc12. The molecule has 0 amide bonds. The first-order valence-electron chi connectivity index (χ1n) is 3.76. The summed E-state index contributed by atoms with van der Waals surface area (Å²) in [5.41, 5.74) is 1.49. The molecule has 0 saturated carbocycles. The summed E-state index contributed by atoms with van der Waals surface area (Å²) in [7, 11) is 1.83. The molecule has 0 spiro atoms. The molecule has 2 aromatic rings. The summed E-state index contributed by atoms with van der Waals surface area (Å²) in [5, 5.41) is 9.82. The summed E-state index contributed by atoms with van der Waals surface area (Å²) in [6, 6.07) is 2.59. The van der Waals surface area contributed by atoms with Gasteiger partial charge in [-0.25, -0.2) is 4.39 Å². The van der Waals surface area contributed by atoms with Crippen molar-refractivity contribution >= 4 is 36.0 Å². The molecular weight excluding hydrogens is 191 g/mol. The van der Waals surface area contributed by atoms with E-state index in [4.69, 9.17) is 16.9 Å². The largest absolute Gasteiger partial charge is 0.505 e. The van der Waals surface area contributed by atoms with Crippen molar-refractivity contribution in [2.45, 2.75) is 0 Å². The fourth-order valence-electron chi connectivity index (χ4n) is 1.35. The quantitative estimate of drug-likeness (QED) is 0.620. The Balaban J connectivity index is 2.91. The van der Waals surface area contributed by atoms with Gasteiger partial charge < -0.3 is 5.11 Å². The lowest BCUT2D eigenvalue weighted by Crippen LogP contribution is -1.97. The molecule has 0 saturated heterocycles. The smallest absolute Gasteiger partial charge is 0.165 e. The van der Waals surface area contributed by atoms with Crippen molar-refractivity contribution in [3.8, 4) is 5.75 Å². The summed E-state index contributed by atoms with van der Waals surface area (Å²) in [4.78, 5) is 0. The third-order valence-corrected chi connectivity index (χ3v) is 2.31. The highest BCUT2D eigenvalue weighted by Crippen LogP contribution is 2.23. The highest BCUT2D eigenvalue weighted by atomic mass is 35.5. The fourth-order valence-corrected chi connectivity index (χ4v) is 1.64. The molecule has 0 aliphatic rings. The molecule has 0 fully saturated rings. The van der Waals surface area contributed by atoms with Crippen LogP contribution >= 0.6 is 11.8 Å². The Morgan fingerprint density at radius 3 is 2.85 bits per heavy atom. The van der Waals surface area contributed by atoms with Gasteiger partial charge in [0.05, 0.1) is 5.52 Å². The highest BCUT2D eigenvalue weighted by Gasteiger charge is 2.08. The van der Waals surface area contributed by atoms with Gasteiger partial charge in [-0.2, -0.15) is 0 Å². The Bertz CT molecular complexity index is 440. The van der Waals surface area contributed by atoms with Gasteiger partial charge in [-0.3, -0.25) is 4.09 Å². The molecule has 2 rings (SSSR count). The molecule has 13 heavy (non-hydrogen) atoms. The number of fused-ring (bicyclic) bond motifs is 1. The van der Waals surface area contributed by atoms with Crippen molar-refractivity contribution < 1.29 is 9.50 Å². The molecule has 5 heteroatoms. The van der Waals surface area contributed by atoms with Gasteiger partial charge in [-0.15, -0.1) is 0 Å². The van der Waals surface area contributed by atoms with E-state index in [9.17, 15) is 4.39 Å². The topological polar surface area (TPSA) is 25.2 Å². The summed E-state index contributed by atoms with van der Waals surface area (Å²) in [5.74, 6) is -1.01. The number of hydrogen-bond acceptors (Lipinski definition) is 1. The van der Waals surface area contributed by atoms with Gasteiger partial charge in [0.1, 0.15) is 7.85 Å². The Kier molecular flexibility index (Phi) is 1.73. The molecule has 66 valence electrons. The number of phenols is 1.